The van der Waals surface area contributed by atoms with Crippen LogP contribution in [-0.4, -0.2) is 26.1 Å². The summed E-state index contributed by atoms with van der Waals surface area (Å²) in [5, 5.41) is 0. The Morgan fingerprint density at radius 3 is 2.43 bits per heavy atom. The lowest BCUT2D eigenvalue weighted by atomic mass is 10.3. The summed E-state index contributed by atoms with van der Waals surface area (Å²) in [5.74, 6) is 0.740. The number of anilines is 1. The average molecular weight is 199 g/mol. The fourth-order valence-corrected chi connectivity index (χ4v) is 1.44. The maximum atomic E-state index is 12.2. The third-order valence-electron chi connectivity index (χ3n) is 2.35. The van der Waals surface area contributed by atoms with E-state index >= 15 is 0 Å². The molecule has 0 amide bonds. The van der Waals surface area contributed by atoms with Gasteiger partial charge in [0.25, 0.3) is 6.43 Å². The summed E-state index contributed by atoms with van der Waals surface area (Å²) in [6.45, 7) is 0.448. The van der Waals surface area contributed by atoms with Gasteiger partial charge in [-0.25, -0.2) is 8.78 Å². The fourth-order valence-electron chi connectivity index (χ4n) is 1.44. The van der Waals surface area contributed by atoms with Gasteiger partial charge in [-0.1, -0.05) is 0 Å². The van der Waals surface area contributed by atoms with Gasteiger partial charge >= 0.3 is 0 Å². The predicted molar refractivity (Wildman–Crippen MR) is 50.1 cm³/mol. The Balaban J connectivity index is 2.05. The lowest BCUT2D eigenvalue weighted by Crippen LogP contribution is -2.08. The van der Waals surface area contributed by atoms with Crippen LogP contribution in [0.25, 0.3) is 0 Å². The van der Waals surface area contributed by atoms with Crippen LogP contribution in [0.3, 0.4) is 0 Å². The van der Waals surface area contributed by atoms with Crippen molar-refractivity contribution >= 4 is 5.69 Å². The van der Waals surface area contributed by atoms with Gasteiger partial charge < -0.3 is 9.64 Å². The molecule has 0 radical (unpaired) electrons. The summed E-state index contributed by atoms with van der Waals surface area (Å²) < 4.78 is 29.4. The van der Waals surface area contributed by atoms with Crippen molar-refractivity contribution in [2.75, 3.05) is 18.6 Å². The Labute approximate surface area is 81.1 Å². The van der Waals surface area contributed by atoms with E-state index in [1.54, 1.807) is 36.3 Å². The number of methoxy groups -OCH3 is 1. The van der Waals surface area contributed by atoms with E-state index in [9.17, 15) is 8.78 Å². The van der Waals surface area contributed by atoms with E-state index in [1.807, 2.05) is 0 Å². The lowest BCUT2D eigenvalue weighted by molar-refractivity contribution is 0.150. The standard InChI is InChI=1S/C10H11F2NO/c1-14-8-4-2-7(3-5-8)13-6-9(13)10(11)12/h2-5,9-10H,6H2,1H3. The molecule has 4 heteroatoms. The number of hydrogen-bond donors (Lipinski definition) is 0. The van der Waals surface area contributed by atoms with Gasteiger partial charge in [0.05, 0.1) is 7.11 Å². The zero-order valence-corrected chi connectivity index (χ0v) is 7.78. The second-order valence-electron chi connectivity index (χ2n) is 3.25. The summed E-state index contributed by atoms with van der Waals surface area (Å²) in [7, 11) is 1.58. The summed E-state index contributed by atoms with van der Waals surface area (Å²) in [5.41, 5.74) is 0.830. The highest BCUT2D eigenvalue weighted by atomic mass is 19.3. The normalized spacial score (nSPS) is 20.0. The number of halogens is 2. The lowest BCUT2D eigenvalue weighted by Gasteiger charge is -2.06. The number of alkyl halides is 2. The highest BCUT2D eigenvalue weighted by Gasteiger charge is 2.41. The van der Waals surface area contributed by atoms with Gasteiger partial charge in [-0.3, -0.25) is 0 Å². The minimum atomic E-state index is -2.25. The molecule has 1 saturated heterocycles. The molecule has 2 rings (SSSR count). The molecule has 2 nitrogen and oxygen atoms in total. The Hall–Kier alpha value is -1.32. The topological polar surface area (TPSA) is 12.2 Å². The van der Waals surface area contributed by atoms with Gasteiger partial charge in [-0.05, 0) is 24.3 Å². The molecule has 1 aliphatic rings. The van der Waals surface area contributed by atoms with E-state index in [0.717, 1.165) is 11.4 Å². The van der Waals surface area contributed by atoms with Crippen LogP contribution in [0.4, 0.5) is 14.5 Å². The van der Waals surface area contributed by atoms with Crippen molar-refractivity contribution in [2.45, 2.75) is 12.5 Å². The predicted octanol–water partition coefficient (Wildman–Crippen LogP) is 2.15. The van der Waals surface area contributed by atoms with Crippen LogP contribution in [-0.2, 0) is 0 Å². The van der Waals surface area contributed by atoms with Gasteiger partial charge in [-0.2, -0.15) is 0 Å². The minimum Gasteiger partial charge on any atom is -0.497 e. The number of benzene rings is 1. The Kier molecular flexibility index (Phi) is 2.27. The molecule has 76 valence electrons. The largest absolute Gasteiger partial charge is 0.497 e. The highest BCUT2D eigenvalue weighted by Crippen LogP contribution is 2.32. The molecule has 1 aromatic rings. The monoisotopic (exact) mass is 199 g/mol. The van der Waals surface area contributed by atoms with Gasteiger partial charge in [0.2, 0.25) is 0 Å². The maximum absolute atomic E-state index is 12.2. The van der Waals surface area contributed by atoms with Crippen molar-refractivity contribution in [3.05, 3.63) is 24.3 Å². The first-order valence-electron chi connectivity index (χ1n) is 4.41. The van der Waals surface area contributed by atoms with Crippen molar-refractivity contribution in [3.63, 3.8) is 0 Å². The average Bonchev–Trinajstić information content (AvgIpc) is 2.97. The molecule has 0 aromatic heterocycles. The Morgan fingerprint density at radius 1 is 1.36 bits per heavy atom. The van der Waals surface area contributed by atoms with Crippen LogP contribution in [0.1, 0.15) is 0 Å². The molecule has 0 bridgehead atoms. The number of rotatable bonds is 3. The number of nitrogens with zero attached hydrogens (tertiary/aromatic N) is 1. The summed E-state index contributed by atoms with van der Waals surface area (Å²) in [6, 6.07) is 6.54. The molecule has 1 aliphatic heterocycles. The van der Waals surface area contributed by atoms with Gasteiger partial charge in [-0.15, -0.1) is 0 Å². The number of hydrogen-bond acceptors (Lipinski definition) is 2. The highest BCUT2D eigenvalue weighted by molar-refractivity contribution is 5.55. The molecule has 0 saturated carbocycles. The molecule has 1 atom stereocenters. The molecule has 1 heterocycles. The van der Waals surface area contributed by atoms with Crippen molar-refractivity contribution in [2.24, 2.45) is 0 Å². The SMILES string of the molecule is COc1ccc(N2CC2C(F)F)cc1. The molecular formula is C10H11F2NO. The smallest absolute Gasteiger partial charge is 0.260 e. The van der Waals surface area contributed by atoms with Crippen LogP contribution in [0.5, 0.6) is 5.75 Å². The first-order chi connectivity index (χ1) is 6.72. The molecule has 14 heavy (non-hydrogen) atoms. The van der Waals surface area contributed by atoms with Crippen LogP contribution >= 0.6 is 0 Å². The Morgan fingerprint density at radius 2 is 2.00 bits per heavy atom. The molecule has 0 spiro atoms. The zero-order valence-electron chi connectivity index (χ0n) is 7.78. The van der Waals surface area contributed by atoms with Crippen LogP contribution in [0.2, 0.25) is 0 Å². The van der Waals surface area contributed by atoms with Gasteiger partial charge in [0.15, 0.2) is 0 Å². The molecule has 0 N–H and O–H groups in total. The van der Waals surface area contributed by atoms with Crippen LogP contribution in [0.15, 0.2) is 24.3 Å². The van der Waals surface area contributed by atoms with E-state index in [4.69, 9.17) is 4.74 Å². The second kappa shape index (κ2) is 3.44. The first-order valence-corrected chi connectivity index (χ1v) is 4.41. The van der Waals surface area contributed by atoms with Crippen molar-refractivity contribution < 1.29 is 13.5 Å². The van der Waals surface area contributed by atoms with E-state index in [2.05, 4.69) is 0 Å². The van der Waals surface area contributed by atoms with Crippen molar-refractivity contribution in [3.8, 4) is 5.75 Å². The maximum Gasteiger partial charge on any atom is 0.260 e. The van der Waals surface area contributed by atoms with Crippen LogP contribution < -0.4 is 9.64 Å². The summed E-state index contributed by atoms with van der Waals surface area (Å²) >= 11 is 0. The second-order valence-corrected chi connectivity index (χ2v) is 3.25. The van der Waals surface area contributed by atoms with Crippen molar-refractivity contribution in [1.82, 2.24) is 0 Å². The van der Waals surface area contributed by atoms with E-state index in [-0.39, 0.29) is 0 Å². The third-order valence-corrected chi connectivity index (χ3v) is 2.35. The molecule has 0 aliphatic carbocycles. The Bertz CT molecular complexity index is 312. The van der Waals surface area contributed by atoms with Crippen LogP contribution in [0, 0.1) is 0 Å². The summed E-state index contributed by atoms with van der Waals surface area (Å²) in [4.78, 5) is 1.67. The number of ether oxygens (including phenoxy) is 1. The fraction of sp³-hybridized carbons (Fsp3) is 0.400. The molecular weight excluding hydrogens is 188 g/mol. The van der Waals surface area contributed by atoms with Gasteiger partial charge in [0, 0.05) is 12.2 Å². The molecule has 1 fully saturated rings. The van der Waals surface area contributed by atoms with E-state index in [0.29, 0.717) is 6.54 Å². The molecule has 1 aromatic carbocycles. The molecule has 1 unspecified atom stereocenters. The van der Waals surface area contributed by atoms with Crippen molar-refractivity contribution in [1.29, 1.82) is 0 Å². The zero-order chi connectivity index (χ0) is 10.1. The van der Waals surface area contributed by atoms with Gasteiger partial charge in [0.1, 0.15) is 11.8 Å². The van der Waals surface area contributed by atoms with E-state index < -0.39 is 12.5 Å². The quantitative estimate of drug-likeness (QED) is 0.691. The van der Waals surface area contributed by atoms with E-state index in [1.165, 1.54) is 0 Å². The third kappa shape index (κ3) is 1.64. The summed E-state index contributed by atoms with van der Waals surface area (Å²) in [6.07, 6.45) is -2.25. The minimum absolute atomic E-state index is 0.448. The first kappa shape index (κ1) is 9.24.